The van der Waals surface area contributed by atoms with E-state index in [1.807, 2.05) is 7.05 Å². The Bertz CT molecular complexity index is 521. The lowest BCUT2D eigenvalue weighted by Gasteiger charge is -2.35. The van der Waals surface area contributed by atoms with E-state index in [-0.39, 0.29) is 29.9 Å². The first-order valence-electron chi connectivity index (χ1n) is 11.1. The number of amides is 1. The molecule has 0 aromatic carbocycles. The van der Waals surface area contributed by atoms with Crippen molar-refractivity contribution >= 4 is 35.8 Å². The van der Waals surface area contributed by atoms with Gasteiger partial charge in [0.15, 0.2) is 5.96 Å². The van der Waals surface area contributed by atoms with Gasteiger partial charge in [-0.2, -0.15) is 0 Å². The largest absolute Gasteiger partial charge is 0.356 e. The number of hydrogen-bond donors (Lipinski definition) is 2. The quantitative estimate of drug-likeness (QED) is 0.343. The van der Waals surface area contributed by atoms with Crippen LogP contribution in [0.2, 0.25) is 0 Å². The molecule has 0 aromatic heterocycles. The van der Waals surface area contributed by atoms with Crippen molar-refractivity contribution in [3.05, 3.63) is 0 Å². The fraction of sp³-hybridized carbons (Fsp3) is 0.905. The molecule has 2 unspecified atom stereocenters. The number of hydrogen-bond acceptors (Lipinski definition) is 3. The van der Waals surface area contributed by atoms with Crippen LogP contribution >= 0.6 is 24.0 Å². The van der Waals surface area contributed by atoms with Crippen molar-refractivity contribution in [3.63, 3.8) is 0 Å². The number of carbonyl (C=O) groups excluding carboxylic acids is 1. The van der Waals surface area contributed by atoms with Crippen LogP contribution in [-0.4, -0.2) is 73.5 Å². The molecule has 2 saturated heterocycles. The zero-order valence-electron chi connectivity index (χ0n) is 18.0. The lowest BCUT2D eigenvalue weighted by Crippen LogP contribution is -2.49. The summed E-state index contributed by atoms with van der Waals surface area (Å²) in [6.45, 7) is 9.66. The van der Waals surface area contributed by atoms with E-state index in [0.717, 1.165) is 44.9 Å². The van der Waals surface area contributed by atoms with E-state index in [9.17, 15) is 4.79 Å². The number of piperidine rings is 1. The van der Waals surface area contributed by atoms with Crippen LogP contribution < -0.4 is 10.6 Å². The van der Waals surface area contributed by atoms with Crippen molar-refractivity contribution in [2.24, 2.45) is 16.8 Å². The number of rotatable bonds is 5. The molecule has 3 aliphatic rings. The Morgan fingerprint density at radius 2 is 1.82 bits per heavy atom. The summed E-state index contributed by atoms with van der Waals surface area (Å²) in [7, 11) is 1.84. The minimum absolute atomic E-state index is 0. The van der Waals surface area contributed by atoms with Gasteiger partial charge in [0.2, 0.25) is 5.91 Å². The van der Waals surface area contributed by atoms with Crippen LogP contribution in [-0.2, 0) is 4.79 Å². The average Bonchev–Trinajstić information content (AvgIpc) is 3.37. The molecule has 3 fully saturated rings. The zero-order valence-corrected chi connectivity index (χ0v) is 20.3. The minimum Gasteiger partial charge on any atom is -0.356 e. The molecule has 2 aliphatic heterocycles. The molecule has 0 bridgehead atoms. The van der Waals surface area contributed by atoms with Gasteiger partial charge >= 0.3 is 0 Å². The standard InChI is InChI=1S/C21H39N5O.HI/c1-16(2)25-11-6-7-17(14-25)13-23-21(22-3)24-19-10-12-26(15-19)20(27)18-8-4-5-9-18;/h16-19H,4-15H2,1-3H3,(H2,22,23,24);1H. The van der Waals surface area contributed by atoms with E-state index in [0.29, 0.717) is 23.9 Å². The number of aliphatic imine (C=N–C) groups is 1. The summed E-state index contributed by atoms with van der Waals surface area (Å²) in [5.41, 5.74) is 0. The van der Waals surface area contributed by atoms with Gasteiger partial charge < -0.3 is 20.4 Å². The predicted molar refractivity (Wildman–Crippen MR) is 126 cm³/mol. The van der Waals surface area contributed by atoms with Crippen molar-refractivity contribution in [1.82, 2.24) is 20.4 Å². The smallest absolute Gasteiger partial charge is 0.225 e. The number of guanidine groups is 1. The van der Waals surface area contributed by atoms with Crippen LogP contribution in [0, 0.1) is 11.8 Å². The second-order valence-corrected chi connectivity index (χ2v) is 8.95. The summed E-state index contributed by atoms with van der Waals surface area (Å²) in [5, 5.41) is 7.08. The maximum Gasteiger partial charge on any atom is 0.225 e. The highest BCUT2D eigenvalue weighted by Crippen LogP contribution is 2.27. The molecule has 2 N–H and O–H groups in total. The minimum atomic E-state index is 0. The second-order valence-electron chi connectivity index (χ2n) is 8.95. The second kappa shape index (κ2) is 11.6. The van der Waals surface area contributed by atoms with Crippen LogP contribution in [0.3, 0.4) is 0 Å². The lowest BCUT2D eigenvalue weighted by atomic mass is 9.97. The highest BCUT2D eigenvalue weighted by molar-refractivity contribution is 14.0. The molecule has 1 aliphatic carbocycles. The summed E-state index contributed by atoms with van der Waals surface area (Å²) in [6, 6.07) is 0.951. The third-order valence-corrected chi connectivity index (χ3v) is 6.61. The molecule has 0 aromatic rings. The summed E-state index contributed by atoms with van der Waals surface area (Å²) in [5.74, 6) is 2.24. The fourth-order valence-electron chi connectivity index (χ4n) is 4.87. The SMILES string of the molecule is CN=C(NCC1CCCN(C(C)C)C1)NC1CCN(C(=O)C2CCCC2)C1.I. The predicted octanol–water partition coefficient (Wildman–Crippen LogP) is 2.68. The van der Waals surface area contributed by atoms with Crippen molar-refractivity contribution < 1.29 is 4.79 Å². The van der Waals surface area contributed by atoms with Crippen LogP contribution in [0.15, 0.2) is 4.99 Å². The Morgan fingerprint density at radius 3 is 2.50 bits per heavy atom. The van der Waals surface area contributed by atoms with E-state index in [2.05, 4.69) is 39.3 Å². The molecular formula is C21H40IN5O. The van der Waals surface area contributed by atoms with Crippen molar-refractivity contribution in [3.8, 4) is 0 Å². The molecule has 2 atom stereocenters. The molecule has 162 valence electrons. The molecule has 0 radical (unpaired) electrons. The molecule has 0 spiro atoms. The fourth-order valence-corrected chi connectivity index (χ4v) is 4.87. The van der Waals surface area contributed by atoms with E-state index in [1.54, 1.807) is 0 Å². The molecule has 6 nitrogen and oxygen atoms in total. The summed E-state index contributed by atoms with van der Waals surface area (Å²) in [6.07, 6.45) is 8.22. The topological polar surface area (TPSA) is 60.0 Å². The first-order valence-corrected chi connectivity index (χ1v) is 11.1. The third-order valence-electron chi connectivity index (χ3n) is 6.61. The molecule has 1 saturated carbocycles. The van der Waals surface area contributed by atoms with Crippen LogP contribution in [0.4, 0.5) is 0 Å². The highest BCUT2D eigenvalue weighted by atomic mass is 127. The number of likely N-dealkylation sites (tertiary alicyclic amines) is 2. The third kappa shape index (κ3) is 6.47. The van der Waals surface area contributed by atoms with Gasteiger partial charge in [-0.1, -0.05) is 12.8 Å². The van der Waals surface area contributed by atoms with E-state index in [4.69, 9.17) is 0 Å². The number of nitrogens with zero attached hydrogens (tertiary/aromatic N) is 3. The summed E-state index contributed by atoms with van der Waals surface area (Å²) < 4.78 is 0. The van der Waals surface area contributed by atoms with Crippen LogP contribution in [0.25, 0.3) is 0 Å². The zero-order chi connectivity index (χ0) is 19.2. The highest BCUT2D eigenvalue weighted by Gasteiger charge is 2.32. The molecule has 7 heteroatoms. The summed E-state index contributed by atoms with van der Waals surface area (Å²) >= 11 is 0. The van der Waals surface area contributed by atoms with Crippen molar-refractivity contribution in [1.29, 1.82) is 0 Å². The number of carbonyl (C=O) groups is 1. The molecule has 3 rings (SSSR count). The Morgan fingerprint density at radius 1 is 1.07 bits per heavy atom. The number of nitrogens with one attached hydrogen (secondary N) is 2. The summed E-state index contributed by atoms with van der Waals surface area (Å²) in [4.78, 5) is 21.7. The van der Waals surface area contributed by atoms with Gasteiger partial charge in [-0.15, -0.1) is 24.0 Å². The van der Waals surface area contributed by atoms with Gasteiger partial charge in [0.1, 0.15) is 0 Å². The van der Waals surface area contributed by atoms with E-state index < -0.39 is 0 Å². The van der Waals surface area contributed by atoms with Crippen LogP contribution in [0.1, 0.15) is 58.8 Å². The maximum atomic E-state index is 12.6. The van der Waals surface area contributed by atoms with Gasteiger partial charge in [0.25, 0.3) is 0 Å². The molecular weight excluding hydrogens is 465 g/mol. The first-order chi connectivity index (χ1) is 13.1. The van der Waals surface area contributed by atoms with Gasteiger partial charge in [0.05, 0.1) is 0 Å². The first kappa shape index (κ1) is 23.7. The van der Waals surface area contributed by atoms with Gasteiger partial charge in [-0.25, -0.2) is 0 Å². The molecule has 1 amide bonds. The van der Waals surface area contributed by atoms with Crippen molar-refractivity contribution in [2.75, 3.05) is 39.8 Å². The monoisotopic (exact) mass is 505 g/mol. The number of halogens is 1. The van der Waals surface area contributed by atoms with Crippen LogP contribution in [0.5, 0.6) is 0 Å². The molecule has 2 heterocycles. The maximum absolute atomic E-state index is 12.6. The van der Waals surface area contributed by atoms with Gasteiger partial charge in [-0.05, 0) is 58.4 Å². The van der Waals surface area contributed by atoms with E-state index in [1.165, 1.54) is 38.8 Å². The Labute approximate surface area is 188 Å². The molecule has 28 heavy (non-hydrogen) atoms. The Hall–Kier alpha value is -0.570. The normalized spacial score (nSPS) is 27.1. The lowest BCUT2D eigenvalue weighted by molar-refractivity contribution is -0.134. The average molecular weight is 505 g/mol. The van der Waals surface area contributed by atoms with Crippen molar-refractivity contribution in [2.45, 2.75) is 70.9 Å². The van der Waals surface area contributed by atoms with Gasteiger partial charge in [-0.3, -0.25) is 9.79 Å². The Kier molecular flexibility index (Phi) is 9.80. The Balaban J connectivity index is 0.00000280. The van der Waals surface area contributed by atoms with E-state index >= 15 is 0 Å². The van der Waals surface area contributed by atoms with Gasteiger partial charge in [0, 0.05) is 51.2 Å².